The SMILES string of the molecule is N#Cc1c(Nc2c(Cl)cccc2Cl)sn(-c2ccc(-n3cccn3)cc2)c1=O. The topological polar surface area (TPSA) is 75.6 Å². The van der Waals surface area contributed by atoms with E-state index in [-0.39, 0.29) is 5.56 Å². The minimum Gasteiger partial charge on any atom is -0.342 e. The van der Waals surface area contributed by atoms with Crippen molar-refractivity contribution in [3.63, 3.8) is 0 Å². The van der Waals surface area contributed by atoms with Crippen LogP contribution in [-0.4, -0.2) is 13.7 Å². The zero-order chi connectivity index (χ0) is 19.7. The van der Waals surface area contributed by atoms with Crippen LogP contribution in [0.4, 0.5) is 10.7 Å². The number of nitrogens with one attached hydrogen (secondary N) is 1. The predicted octanol–water partition coefficient (Wildman–Crippen LogP) is 5.01. The van der Waals surface area contributed by atoms with Crippen molar-refractivity contribution in [2.75, 3.05) is 5.32 Å². The van der Waals surface area contributed by atoms with Gasteiger partial charge in [0.05, 0.1) is 27.1 Å². The lowest BCUT2D eigenvalue weighted by Gasteiger charge is -2.08. The lowest BCUT2D eigenvalue weighted by Crippen LogP contribution is -2.13. The molecule has 4 rings (SSSR count). The van der Waals surface area contributed by atoms with E-state index in [1.54, 1.807) is 41.2 Å². The van der Waals surface area contributed by atoms with Gasteiger partial charge in [-0.2, -0.15) is 10.4 Å². The van der Waals surface area contributed by atoms with Crippen LogP contribution in [0.3, 0.4) is 0 Å². The quantitative estimate of drug-likeness (QED) is 0.496. The van der Waals surface area contributed by atoms with Gasteiger partial charge in [0.15, 0.2) is 5.56 Å². The van der Waals surface area contributed by atoms with Gasteiger partial charge in [-0.15, -0.1) is 0 Å². The van der Waals surface area contributed by atoms with Crippen molar-refractivity contribution in [1.29, 1.82) is 5.26 Å². The van der Waals surface area contributed by atoms with Crippen LogP contribution in [0, 0.1) is 11.3 Å². The molecule has 0 aliphatic carbocycles. The van der Waals surface area contributed by atoms with Crippen molar-refractivity contribution in [2.45, 2.75) is 0 Å². The van der Waals surface area contributed by atoms with Crippen LogP contribution >= 0.6 is 34.7 Å². The Balaban J connectivity index is 1.74. The van der Waals surface area contributed by atoms with E-state index in [4.69, 9.17) is 23.2 Å². The molecule has 1 N–H and O–H groups in total. The summed E-state index contributed by atoms with van der Waals surface area (Å²) in [6.45, 7) is 0. The van der Waals surface area contributed by atoms with Gasteiger partial charge in [0.2, 0.25) is 0 Å². The van der Waals surface area contributed by atoms with Gasteiger partial charge < -0.3 is 5.32 Å². The second-order valence-electron chi connectivity index (χ2n) is 5.70. The third-order valence-corrected chi connectivity index (χ3v) is 5.65. The molecule has 0 aliphatic heterocycles. The highest BCUT2D eigenvalue weighted by atomic mass is 35.5. The van der Waals surface area contributed by atoms with E-state index in [2.05, 4.69) is 10.4 Å². The van der Waals surface area contributed by atoms with Crippen LogP contribution in [-0.2, 0) is 0 Å². The van der Waals surface area contributed by atoms with Crippen LogP contribution < -0.4 is 10.9 Å². The number of nitrogens with zero attached hydrogens (tertiary/aromatic N) is 4. The monoisotopic (exact) mass is 427 g/mol. The first-order chi connectivity index (χ1) is 13.6. The summed E-state index contributed by atoms with van der Waals surface area (Å²) in [5.74, 6) is 0. The summed E-state index contributed by atoms with van der Waals surface area (Å²) in [7, 11) is 0. The largest absolute Gasteiger partial charge is 0.342 e. The molecule has 0 radical (unpaired) electrons. The number of rotatable bonds is 4. The molecular weight excluding hydrogens is 417 g/mol. The van der Waals surface area contributed by atoms with E-state index in [0.29, 0.717) is 26.4 Å². The van der Waals surface area contributed by atoms with Gasteiger partial charge in [0, 0.05) is 12.4 Å². The molecule has 0 fully saturated rings. The summed E-state index contributed by atoms with van der Waals surface area (Å²) < 4.78 is 3.16. The highest BCUT2D eigenvalue weighted by Gasteiger charge is 2.18. The van der Waals surface area contributed by atoms with Crippen molar-refractivity contribution in [2.24, 2.45) is 0 Å². The van der Waals surface area contributed by atoms with Crippen molar-refractivity contribution in [3.05, 3.63) is 86.9 Å². The summed E-state index contributed by atoms with van der Waals surface area (Å²) in [5, 5.41) is 17.8. The Morgan fingerprint density at radius 2 is 1.71 bits per heavy atom. The molecule has 4 aromatic rings. The second-order valence-corrected chi connectivity index (χ2v) is 7.47. The van der Waals surface area contributed by atoms with Gasteiger partial charge in [0.1, 0.15) is 11.1 Å². The van der Waals surface area contributed by atoms with Gasteiger partial charge in [-0.3, -0.25) is 4.79 Å². The minimum absolute atomic E-state index is 0.00265. The van der Waals surface area contributed by atoms with Crippen molar-refractivity contribution in [1.82, 2.24) is 13.7 Å². The van der Waals surface area contributed by atoms with Crippen LogP contribution in [0.1, 0.15) is 5.56 Å². The fraction of sp³-hybridized carbons (Fsp3) is 0. The molecular formula is C19H11Cl2N5OS. The first kappa shape index (κ1) is 18.3. The molecule has 0 bridgehead atoms. The standard InChI is InChI=1S/C19H11Cl2N5OS/c20-15-3-1-4-16(21)17(15)24-18-14(11-22)19(27)26(28-18)13-7-5-12(6-8-13)25-10-2-9-23-25/h1-10,24H. The van der Waals surface area contributed by atoms with Gasteiger partial charge in [-0.25, -0.2) is 8.64 Å². The Labute approximate surface area is 173 Å². The minimum atomic E-state index is -0.412. The first-order valence-electron chi connectivity index (χ1n) is 8.06. The molecule has 0 saturated carbocycles. The van der Waals surface area contributed by atoms with E-state index in [0.717, 1.165) is 17.2 Å². The Kier molecular flexibility index (Phi) is 4.92. The molecule has 2 aromatic heterocycles. The molecule has 0 aliphatic rings. The highest BCUT2D eigenvalue weighted by Crippen LogP contribution is 2.35. The first-order valence-corrected chi connectivity index (χ1v) is 9.59. The van der Waals surface area contributed by atoms with Gasteiger partial charge in [0.25, 0.3) is 5.56 Å². The predicted molar refractivity (Wildman–Crippen MR) is 111 cm³/mol. The van der Waals surface area contributed by atoms with Crippen LogP contribution in [0.25, 0.3) is 11.4 Å². The van der Waals surface area contributed by atoms with Gasteiger partial charge in [-0.1, -0.05) is 29.3 Å². The number of aromatic nitrogens is 3. The number of halogens is 2. The Bertz CT molecular complexity index is 1220. The lowest BCUT2D eigenvalue weighted by atomic mass is 10.2. The third-order valence-electron chi connectivity index (χ3n) is 3.97. The number of nitriles is 1. The molecule has 28 heavy (non-hydrogen) atoms. The molecule has 0 amide bonds. The average Bonchev–Trinajstić information content (AvgIpc) is 3.33. The molecule has 2 heterocycles. The smallest absolute Gasteiger partial charge is 0.285 e. The van der Waals surface area contributed by atoms with E-state index in [1.807, 2.05) is 30.5 Å². The van der Waals surface area contributed by atoms with Crippen LogP contribution in [0.15, 0.2) is 65.7 Å². The Morgan fingerprint density at radius 3 is 2.32 bits per heavy atom. The zero-order valence-corrected chi connectivity index (χ0v) is 16.5. The molecule has 0 atom stereocenters. The van der Waals surface area contributed by atoms with Crippen LogP contribution in [0.2, 0.25) is 10.0 Å². The summed E-state index contributed by atoms with van der Waals surface area (Å²) in [6.07, 6.45) is 3.52. The average molecular weight is 428 g/mol. The van der Waals surface area contributed by atoms with E-state index < -0.39 is 5.56 Å². The van der Waals surface area contributed by atoms with Crippen molar-refractivity contribution >= 4 is 45.4 Å². The lowest BCUT2D eigenvalue weighted by molar-refractivity contribution is 0.879. The van der Waals surface area contributed by atoms with Crippen LogP contribution in [0.5, 0.6) is 0 Å². The maximum atomic E-state index is 12.7. The molecule has 6 nitrogen and oxygen atoms in total. The van der Waals surface area contributed by atoms with E-state index in [1.165, 1.54) is 3.96 Å². The zero-order valence-electron chi connectivity index (χ0n) is 14.1. The molecule has 0 saturated heterocycles. The fourth-order valence-corrected chi connectivity index (χ4v) is 4.07. The summed E-state index contributed by atoms with van der Waals surface area (Å²) in [4.78, 5) is 12.7. The number of hydrogen-bond donors (Lipinski definition) is 1. The van der Waals surface area contributed by atoms with Crippen molar-refractivity contribution in [3.8, 4) is 17.4 Å². The summed E-state index contributed by atoms with van der Waals surface area (Å²) in [5.41, 5.74) is 1.53. The van der Waals surface area contributed by atoms with Crippen molar-refractivity contribution < 1.29 is 0 Å². The van der Waals surface area contributed by atoms with E-state index >= 15 is 0 Å². The summed E-state index contributed by atoms with van der Waals surface area (Å²) >= 11 is 13.5. The highest BCUT2D eigenvalue weighted by molar-refractivity contribution is 7.11. The third kappa shape index (κ3) is 3.29. The number of para-hydroxylation sites is 1. The fourth-order valence-electron chi connectivity index (χ4n) is 2.62. The second kappa shape index (κ2) is 7.52. The van der Waals surface area contributed by atoms with Gasteiger partial charge >= 0.3 is 0 Å². The van der Waals surface area contributed by atoms with E-state index in [9.17, 15) is 10.1 Å². The molecule has 0 unspecified atom stereocenters. The van der Waals surface area contributed by atoms with Gasteiger partial charge in [-0.05, 0) is 54.0 Å². The number of anilines is 2. The normalized spacial score (nSPS) is 10.6. The summed E-state index contributed by atoms with van der Waals surface area (Å²) in [6, 6.07) is 16.1. The number of hydrogen-bond acceptors (Lipinski definition) is 5. The maximum absolute atomic E-state index is 12.7. The molecule has 9 heteroatoms. The molecule has 2 aromatic carbocycles. The Hall–Kier alpha value is -3.05. The maximum Gasteiger partial charge on any atom is 0.285 e. The Morgan fingerprint density at radius 1 is 1.04 bits per heavy atom. The number of benzene rings is 2. The molecule has 138 valence electrons. The molecule has 0 spiro atoms.